The molecular weight excluding hydrogens is 551 g/mol. The number of carbonyl (C=O) groups is 2. The summed E-state index contributed by atoms with van der Waals surface area (Å²) < 4.78 is 55.0. The minimum atomic E-state index is -4.03. The number of fused-ring (bicyclic) bond motifs is 1. The molecule has 0 aliphatic carbocycles. The molecule has 1 aliphatic rings. The first kappa shape index (κ1) is 30.0. The summed E-state index contributed by atoms with van der Waals surface area (Å²) in [6.07, 6.45) is -1.52. The molecule has 1 N–H and O–H groups in total. The number of para-hydroxylation sites is 1. The number of guanidine groups is 1. The third-order valence-corrected chi connectivity index (χ3v) is 8.21. The van der Waals surface area contributed by atoms with Crippen LogP contribution in [0.3, 0.4) is 0 Å². The predicted molar refractivity (Wildman–Crippen MR) is 155 cm³/mol. The third-order valence-electron chi connectivity index (χ3n) is 6.27. The average molecular weight is 587 g/mol. The fourth-order valence-electron chi connectivity index (χ4n) is 4.53. The lowest BCUT2D eigenvalue weighted by molar-refractivity contribution is 0.0540. The number of aromatic nitrogens is 1. The van der Waals surface area contributed by atoms with Crippen LogP contribution in [0.5, 0.6) is 0 Å². The fourth-order valence-corrected chi connectivity index (χ4v) is 6.00. The molecule has 41 heavy (non-hydrogen) atoms. The van der Waals surface area contributed by atoms with Crippen LogP contribution in [0.4, 0.5) is 14.0 Å². The molecule has 0 spiro atoms. The van der Waals surface area contributed by atoms with Gasteiger partial charge in [-0.25, -0.2) is 36.3 Å². The van der Waals surface area contributed by atoms with E-state index in [1.807, 2.05) is 12.1 Å². The number of sulfonamides is 1. The molecule has 0 fully saturated rings. The van der Waals surface area contributed by atoms with Crippen molar-refractivity contribution in [2.75, 3.05) is 12.8 Å². The van der Waals surface area contributed by atoms with Crippen LogP contribution in [-0.2, 0) is 25.0 Å². The van der Waals surface area contributed by atoms with Gasteiger partial charge in [0.15, 0.2) is 0 Å². The standard InChI is InChI=1S/C29H35FN4O6S/c1-27(2,3)39-25(35)31-24-32-29(7,17-41(37,38)33(24)8)20-15-19(13-14-21(20)30)23-16-18-11-9-10-12-22(18)34(23)26(36)40-28(4,5)6/h9-16H,17H2,1-8H3,(H,31,32,35)/t29-/m0/s1. The number of carbonyl (C=O) groups excluding carboxylic acids is 2. The number of hydrogen-bond donors (Lipinski definition) is 1. The van der Waals surface area contributed by atoms with Crippen molar-refractivity contribution in [3.05, 3.63) is 59.9 Å². The number of nitrogens with zero attached hydrogens (tertiary/aromatic N) is 3. The molecule has 0 bridgehead atoms. The molecule has 1 aliphatic heterocycles. The summed E-state index contributed by atoms with van der Waals surface area (Å²) in [4.78, 5) is 30.3. The van der Waals surface area contributed by atoms with Gasteiger partial charge in [0.2, 0.25) is 16.0 Å². The van der Waals surface area contributed by atoms with Gasteiger partial charge in [0.25, 0.3) is 0 Å². The molecule has 0 radical (unpaired) electrons. The van der Waals surface area contributed by atoms with E-state index in [4.69, 9.17) is 9.47 Å². The van der Waals surface area contributed by atoms with E-state index in [9.17, 15) is 18.0 Å². The molecule has 4 rings (SSSR count). The fraction of sp³-hybridized carbons (Fsp3) is 0.414. The van der Waals surface area contributed by atoms with Crippen molar-refractivity contribution in [3.63, 3.8) is 0 Å². The number of amides is 1. The van der Waals surface area contributed by atoms with Gasteiger partial charge in [0.1, 0.15) is 22.6 Å². The Bertz CT molecular complexity index is 1670. The smallest absolute Gasteiger partial charge is 0.419 e. The maximum atomic E-state index is 15.5. The topological polar surface area (TPSA) is 119 Å². The average Bonchev–Trinajstić information content (AvgIpc) is 3.20. The summed E-state index contributed by atoms with van der Waals surface area (Å²) in [5.74, 6) is -1.57. The molecule has 1 aromatic heterocycles. The maximum absolute atomic E-state index is 15.5. The van der Waals surface area contributed by atoms with Crippen molar-refractivity contribution < 1.29 is 31.9 Å². The van der Waals surface area contributed by atoms with E-state index < -0.39 is 50.5 Å². The van der Waals surface area contributed by atoms with Crippen molar-refractivity contribution >= 4 is 39.1 Å². The lowest BCUT2D eigenvalue weighted by Gasteiger charge is -2.36. The minimum Gasteiger partial charge on any atom is -0.444 e. The van der Waals surface area contributed by atoms with Crippen LogP contribution < -0.4 is 5.32 Å². The first-order chi connectivity index (χ1) is 18.8. The Morgan fingerprint density at radius 3 is 2.27 bits per heavy atom. The summed E-state index contributed by atoms with van der Waals surface area (Å²) in [6, 6.07) is 13.2. The highest BCUT2D eigenvalue weighted by Gasteiger charge is 2.43. The van der Waals surface area contributed by atoms with Gasteiger partial charge in [0, 0.05) is 18.0 Å². The van der Waals surface area contributed by atoms with Crippen LogP contribution in [0.2, 0.25) is 0 Å². The summed E-state index contributed by atoms with van der Waals surface area (Å²) in [5, 5.41) is 3.14. The van der Waals surface area contributed by atoms with Crippen LogP contribution in [0, 0.1) is 5.82 Å². The zero-order valence-electron chi connectivity index (χ0n) is 24.4. The summed E-state index contributed by atoms with van der Waals surface area (Å²) >= 11 is 0. The summed E-state index contributed by atoms with van der Waals surface area (Å²) in [5.41, 5.74) is -1.80. The molecule has 2 heterocycles. The SMILES string of the molecule is CN1C(NC(=O)OC(C)(C)C)=N[C@](C)(c2cc(-c3cc4ccccc4n3C(=O)OC(C)(C)C)ccc2F)CS1(=O)=O. The first-order valence-electron chi connectivity index (χ1n) is 13.0. The second-order valence-corrected chi connectivity index (χ2v) is 14.2. The molecule has 0 unspecified atom stereocenters. The third kappa shape index (κ3) is 6.37. The van der Waals surface area contributed by atoms with Gasteiger partial charge >= 0.3 is 12.2 Å². The molecule has 1 amide bonds. The van der Waals surface area contributed by atoms with Crippen molar-refractivity contribution in [1.29, 1.82) is 0 Å². The second-order valence-electron chi connectivity index (χ2n) is 12.2. The van der Waals surface area contributed by atoms with Crippen molar-refractivity contribution in [2.24, 2.45) is 4.99 Å². The van der Waals surface area contributed by atoms with Crippen molar-refractivity contribution in [2.45, 2.75) is 65.2 Å². The summed E-state index contributed by atoms with van der Waals surface area (Å²) in [6.45, 7) is 11.7. The lowest BCUT2D eigenvalue weighted by Crippen LogP contribution is -2.54. The zero-order valence-corrected chi connectivity index (χ0v) is 25.2. The van der Waals surface area contributed by atoms with E-state index in [2.05, 4.69) is 10.3 Å². The van der Waals surface area contributed by atoms with Gasteiger partial charge in [-0.3, -0.25) is 5.32 Å². The Hall–Kier alpha value is -3.93. The Morgan fingerprint density at radius 1 is 1.00 bits per heavy atom. The normalized spacial score (nSPS) is 19.0. The molecule has 1 atom stereocenters. The lowest BCUT2D eigenvalue weighted by atomic mass is 9.92. The number of aliphatic imine (C=N–C) groups is 1. The van der Waals surface area contributed by atoms with Gasteiger partial charge in [-0.05, 0) is 84.4 Å². The largest absolute Gasteiger partial charge is 0.444 e. The monoisotopic (exact) mass is 586 g/mol. The van der Waals surface area contributed by atoms with E-state index in [1.54, 1.807) is 59.7 Å². The van der Waals surface area contributed by atoms with E-state index in [1.165, 1.54) is 36.7 Å². The van der Waals surface area contributed by atoms with Crippen LogP contribution >= 0.6 is 0 Å². The molecule has 0 saturated carbocycles. The molecule has 220 valence electrons. The summed E-state index contributed by atoms with van der Waals surface area (Å²) in [7, 11) is -2.78. The number of alkyl carbamates (subject to hydrolysis) is 1. The molecular formula is C29H35FN4O6S. The van der Waals surface area contributed by atoms with Crippen LogP contribution in [0.1, 0.15) is 54.0 Å². The van der Waals surface area contributed by atoms with Crippen LogP contribution in [0.25, 0.3) is 22.2 Å². The van der Waals surface area contributed by atoms with E-state index in [-0.39, 0.29) is 11.5 Å². The molecule has 2 aromatic carbocycles. The van der Waals surface area contributed by atoms with Gasteiger partial charge < -0.3 is 9.47 Å². The second kappa shape index (κ2) is 10.2. The number of nitrogens with one attached hydrogen (secondary N) is 1. The zero-order chi connectivity index (χ0) is 30.5. The number of benzene rings is 2. The molecule has 3 aromatic rings. The van der Waals surface area contributed by atoms with Gasteiger partial charge in [0.05, 0.1) is 17.0 Å². The minimum absolute atomic E-state index is 0.0313. The Kier molecular flexibility index (Phi) is 7.45. The Balaban J connectivity index is 1.85. The number of halogens is 1. The Labute approximate surface area is 239 Å². The quantitative estimate of drug-likeness (QED) is 0.417. The maximum Gasteiger partial charge on any atom is 0.419 e. The molecule has 0 saturated heterocycles. The van der Waals surface area contributed by atoms with Gasteiger partial charge in [-0.2, -0.15) is 0 Å². The van der Waals surface area contributed by atoms with Crippen LogP contribution in [0.15, 0.2) is 53.5 Å². The number of ether oxygens (including phenoxy) is 2. The highest BCUT2D eigenvalue weighted by Crippen LogP contribution is 2.37. The molecule has 12 heteroatoms. The Morgan fingerprint density at radius 2 is 1.63 bits per heavy atom. The molecule has 10 nitrogen and oxygen atoms in total. The predicted octanol–water partition coefficient (Wildman–Crippen LogP) is 5.60. The van der Waals surface area contributed by atoms with Gasteiger partial charge in [-0.15, -0.1) is 0 Å². The van der Waals surface area contributed by atoms with E-state index in [0.29, 0.717) is 16.8 Å². The van der Waals surface area contributed by atoms with Gasteiger partial charge in [-0.1, -0.05) is 18.2 Å². The van der Waals surface area contributed by atoms with Crippen LogP contribution in [-0.4, -0.2) is 59.4 Å². The number of rotatable bonds is 2. The first-order valence-corrected chi connectivity index (χ1v) is 14.6. The van der Waals surface area contributed by atoms with Crippen molar-refractivity contribution in [3.8, 4) is 11.3 Å². The van der Waals surface area contributed by atoms with E-state index in [0.717, 1.165) is 9.69 Å². The van der Waals surface area contributed by atoms with E-state index >= 15 is 4.39 Å². The highest BCUT2D eigenvalue weighted by atomic mass is 32.2. The highest BCUT2D eigenvalue weighted by molar-refractivity contribution is 7.89. The number of hydrogen-bond acceptors (Lipinski definition) is 7. The van der Waals surface area contributed by atoms with Crippen molar-refractivity contribution in [1.82, 2.24) is 14.2 Å².